The number of carbonyl (C=O) groups excluding carboxylic acids is 1. The summed E-state index contributed by atoms with van der Waals surface area (Å²) in [4.78, 5) is 19.7. The van der Waals surface area contributed by atoms with E-state index in [0.717, 1.165) is 18.4 Å². The molecule has 2 N–H and O–H groups in total. The molecule has 0 saturated heterocycles. The first-order valence-electron chi connectivity index (χ1n) is 9.87. The molecule has 0 radical (unpaired) electrons. The molecule has 1 aliphatic heterocycles. The van der Waals surface area contributed by atoms with Crippen LogP contribution in [0.5, 0.6) is 0 Å². The zero-order chi connectivity index (χ0) is 17.4. The van der Waals surface area contributed by atoms with Gasteiger partial charge in [0.1, 0.15) is 0 Å². The van der Waals surface area contributed by atoms with Gasteiger partial charge < -0.3 is 5.73 Å². The van der Waals surface area contributed by atoms with Crippen molar-refractivity contribution in [3.8, 4) is 0 Å². The Bertz CT molecular complexity index is 686. The summed E-state index contributed by atoms with van der Waals surface area (Å²) in [5.41, 5.74) is 7.74. The molecule has 1 unspecified atom stereocenters. The third-order valence-electron chi connectivity index (χ3n) is 6.61. The molecule has 1 heterocycles. The molecule has 1 amide bonds. The fraction of sp³-hybridized carbons (Fsp3) is 0.619. The van der Waals surface area contributed by atoms with Crippen molar-refractivity contribution in [1.29, 1.82) is 0 Å². The smallest absolute Gasteiger partial charge is 0.261 e. The molecule has 2 aliphatic carbocycles. The monoisotopic (exact) mass is 339 g/mol. The molecule has 3 aliphatic rings. The Labute approximate surface area is 150 Å². The number of nitrogens with two attached hydrogens (primary N) is 1. The van der Waals surface area contributed by atoms with Crippen molar-refractivity contribution in [3.05, 3.63) is 35.4 Å². The highest BCUT2D eigenvalue weighted by Gasteiger charge is 2.53. The van der Waals surface area contributed by atoms with Crippen LogP contribution in [0.15, 0.2) is 29.3 Å². The Morgan fingerprint density at radius 2 is 1.76 bits per heavy atom. The van der Waals surface area contributed by atoms with E-state index in [-0.39, 0.29) is 11.8 Å². The lowest BCUT2D eigenvalue weighted by Crippen LogP contribution is -2.45. The summed E-state index contributed by atoms with van der Waals surface area (Å²) < 4.78 is 0. The molecule has 4 nitrogen and oxygen atoms in total. The van der Waals surface area contributed by atoms with Crippen molar-refractivity contribution in [3.63, 3.8) is 0 Å². The Kier molecular flexibility index (Phi) is 4.30. The number of likely N-dealkylation sites (N-methyl/N-ethyl adjacent to an activating group) is 1. The summed E-state index contributed by atoms with van der Waals surface area (Å²) in [7, 11) is 1.76. The molecular weight excluding hydrogens is 310 g/mol. The lowest BCUT2D eigenvalue weighted by atomic mass is 9.70. The van der Waals surface area contributed by atoms with E-state index >= 15 is 0 Å². The number of hydrogen-bond donors (Lipinski definition) is 1. The highest BCUT2D eigenvalue weighted by molar-refractivity contribution is 6.07. The molecule has 0 spiro atoms. The van der Waals surface area contributed by atoms with E-state index in [1.165, 1.54) is 50.5 Å². The van der Waals surface area contributed by atoms with Crippen molar-refractivity contribution < 1.29 is 4.79 Å². The van der Waals surface area contributed by atoms with Crippen LogP contribution >= 0.6 is 0 Å². The highest BCUT2D eigenvalue weighted by atomic mass is 16.2. The summed E-state index contributed by atoms with van der Waals surface area (Å²) in [6, 6.07) is 8.70. The Morgan fingerprint density at radius 1 is 1.08 bits per heavy atom. The average molecular weight is 339 g/mol. The second kappa shape index (κ2) is 6.47. The second-order valence-electron chi connectivity index (χ2n) is 8.04. The molecule has 1 atom stereocenters. The fourth-order valence-corrected chi connectivity index (χ4v) is 5.16. The van der Waals surface area contributed by atoms with Crippen LogP contribution in [0.25, 0.3) is 0 Å². The number of aliphatic imine (C=N–C) groups is 1. The summed E-state index contributed by atoms with van der Waals surface area (Å²) in [6.45, 7) is 0. The van der Waals surface area contributed by atoms with Crippen molar-refractivity contribution in [2.75, 3.05) is 7.05 Å². The van der Waals surface area contributed by atoms with Gasteiger partial charge in [0.25, 0.3) is 5.91 Å². The minimum Gasteiger partial charge on any atom is -0.369 e. The lowest BCUT2D eigenvalue weighted by Gasteiger charge is -2.36. The van der Waals surface area contributed by atoms with E-state index in [1.807, 2.05) is 0 Å². The molecule has 2 saturated carbocycles. The van der Waals surface area contributed by atoms with Crippen LogP contribution in [-0.2, 0) is 10.3 Å². The van der Waals surface area contributed by atoms with Gasteiger partial charge in [-0.05, 0) is 48.6 Å². The highest BCUT2D eigenvalue weighted by Crippen LogP contribution is 2.47. The maximum atomic E-state index is 13.3. The van der Waals surface area contributed by atoms with Gasteiger partial charge in [-0.3, -0.25) is 9.69 Å². The second-order valence-corrected chi connectivity index (χ2v) is 8.04. The summed E-state index contributed by atoms with van der Waals surface area (Å²) in [5.74, 6) is 1.32. The van der Waals surface area contributed by atoms with Crippen LogP contribution in [0.4, 0.5) is 0 Å². The van der Waals surface area contributed by atoms with Gasteiger partial charge in [0, 0.05) is 7.05 Å². The van der Waals surface area contributed by atoms with Gasteiger partial charge in [0.2, 0.25) is 0 Å². The molecule has 25 heavy (non-hydrogen) atoms. The minimum absolute atomic E-state index is 0.0560. The fourth-order valence-electron chi connectivity index (χ4n) is 5.16. The molecule has 4 rings (SSSR count). The van der Waals surface area contributed by atoms with Crippen molar-refractivity contribution in [2.45, 2.75) is 69.2 Å². The number of hydrogen-bond acceptors (Lipinski definition) is 3. The van der Waals surface area contributed by atoms with E-state index in [4.69, 9.17) is 10.7 Å². The molecular formula is C21H29N3O. The number of guanidine groups is 1. The van der Waals surface area contributed by atoms with Gasteiger partial charge in [-0.1, -0.05) is 56.4 Å². The predicted molar refractivity (Wildman–Crippen MR) is 100 cm³/mol. The number of carbonyl (C=O) groups is 1. The van der Waals surface area contributed by atoms with Crippen LogP contribution in [0.1, 0.15) is 74.8 Å². The largest absolute Gasteiger partial charge is 0.369 e. The minimum atomic E-state index is -0.798. The van der Waals surface area contributed by atoms with E-state index in [0.29, 0.717) is 11.9 Å². The maximum Gasteiger partial charge on any atom is 0.261 e. The van der Waals surface area contributed by atoms with Gasteiger partial charge >= 0.3 is 0 Å². The Balaban J connectivity index is 1.79. The van der Waals surface area contributed by atoms with Gasteiger partial charge in [-0.25, -0.2) is 4.99 Å². The van der Waals surface area contributed by atoms with Crippen LogP contribution in [-0.4, -0.2) is 23.8 Å². The number of nitrogens with zero attached hydrogens (tertiary/aromatic N) is 2. The summed E-state index contributed by atoms with van der Waals surface area (Å²) in [5, 5.41) is 0. The summed E-state index contributed by atoms with van der Waals surface area (Å²) >= 11 is 0. The third-order valence-corrected chi connectivity index (χ3v) is 6.61. The standard InChI is InChI=1S/C21H29N3O/c1-24-19(25)21(23-20(24)22,17-11-3-2-4-12-17)18-13-7-10-16(14-18)15-8-5-6-9-15/h7,10,13-15,17H,2-6,8-9,11-12H2,1H3,(H2,22,23). The first-order valence-corrected chi connectivity index (χ1v) is 9.87. The van der Waals surface area contributed by atoms with Gasteiger partial charge in [0.05, 0.1) is 0 Å². The third kappa shape index (κ3) is 2.66. The van der Waals surface area contributed by atoms with Crippen LogP contribution in [0, 0.1) is 5.92 Å². The normalized spacial score (nSPS) is 28.6. The van der Waals surface area contributed by atoms with E-state index in [2.05, 4.69) is 24.3 Å². The molecule has 0 aromatic heterocycles. The predicted octanol–water partition coefficient (Wildman–Crippen LogP) is 3.91. The maximum absolute atomic E-state index is 13.3. The van der Waals surface area contributed by atoms with Crippen LogP contribution < -0.4 is 5.73 Å². The number of amides is 1. The SMILES string of the molecule is CN1C(=O)C(c2cccc(C3CCCC3)c2)(C2CCCCC2)N=C1N. The molecule has 1 aromatic rings. The van der Waals surface area contributed by atoms with Crippen molar-refractivity contribution in [2.24, 2.45) is 16.6 Å². The molecule has 4 heteroatoms. The molecule has 2 fully saturated rings. The first-order chi connectivity index (χ1) is 12.1. The topological polar surface area (TPSA) is 58.7 Å². The zero-order valence-electron chi connectivity index (χ0n) is 15.2. The Morgan fingerprint density at radius 3 is 2.40 bits per heavy atom. The zero-order valence-corrected chi connectivity index (χ0v) is 15.2. The van der Waals surface area contributed by atoms with Crippen molar-refractivity contribution >= 4 is 11.9 Å². The lowest BCUT2D eigenvalue weighted by molar-refractivity contribution is -0.133. The first kappa shape index (κ1) is 16.6. The number of benzene rings is 1. The van der Waals surface area contributed by atoms with Crippen molar-refractivity contribution in [1.82, 2.24) is 4.90 Å². The van der Waals surface area contributed by atoms with Gasteiger partial charge in [-0.15, -0.1) is 0 Å². The Hall–Kier alpha value is -1.84. The quantitative estimate of drug-likeness (QED) is 0.908. The van der Waals surface area contributed by atoms with Gasteiger partial charge in [-0.2, -0.15) is 0 Å². The van der Waals surface area contributed by atoms with E-state index in [1.54, 1.807) is 11.9 Å². The molecule has 1 aromatic carbocycles. The van der Waals surface area contributed by atoms with Crippen LogP contribution in [0.2, 0.25) is 0 Å². The average Bonchev–Trinajstić information content (AvgIpc) is 3.27. The van der Waals surface area contributed by atoms with E-state index < -0.39 is 5.54 Å². The van der Waals surface area contributed by atoms with E-state index in [9.17, 15) is 4.79 Å². The van der Waals surface area contributed by atoms with Gasteiger partial charge in [0.15, 0.2) is 11.5 Å². The number of rotatable bonds is 3. The van der Waals surface area contributed by atoms with Crippen LogP contribution in [0.3, 0.4) is 0 Å². The summed E-state index contributed by atoms with van der Waals surface area (Å²) in [6.07, 6.45) is 10.9. The molecule has 0 bridgehead atoms. The molecule has 134 valence electrons.